The van der Waals surface area contributed by atoms with Crippen LogP contribution in [0.4, 0.5) is 0 Å². The number of hydrogen-bond acceptors (Lipinski definition) is 4. The summed E-state index contributed by atoms with van der Waals surface area (Å²) in [4.78, 5) is 13.3. The molecule has 4 rings (SSSR count). The summed E-state index contributed by atoms with van der Waals surface area (Å²) in [7, 11) is 0. The van der Waals surface area contributed by atoms with Gasteiger partial charge in [0.25, 0.3) is 0 Å². The Morgan fingerprint density at radius 2 is 1.54 bits per heavy atom. The molecule has 0 atom stereocenters. The Bertz CT molecular complexity index is 1150. The summed E-state index contributed by atoms with van der Waals surface area (Å²) in [5, 5.41) is 21.6. The average Bonchev–Trinajstić information content (AvgIpc) is 3.01. The molecule has 0 radical (unpaired) electrons. The smallest absolute Gasteiger partial charge is 0.196 e. The molecule has 0 unspecified atom stereocenters. The number of hydrogen-bond donors (Lipinski definition) is 2. The van der Waals surface area contributed by atoms with Crippen LogP contribution in [0.5, 0.6) is 11.5 Å². The highest BCUT2D eigenvalue weighted by atomic mass is 32.2. The molecule has 2 N–H and O–H groups in total. The summed E-state index contributed by atoms with van der Waals surface area (Å²) in [6.45, 7) is 0.555. The van der Waals surface area contributed by atoms with Crippen molar-refractivity contribution in [3.8, 4) is 11.5 Å². The topological polar surface area (TPSA) is 62.5 Å². The maximum Gasteiger partial charge on any atom is 0.196 e. The molecule has 4 nitrogen and oxygen atoms in total. The molecule has 3 aromatic carbocycles. The molecular formula is C23H19NO3S. The Balaban J connectivity index is 1.98. The van der Waals surface area contributed by atoms with Crippen molar-refractivity contribution in [2.24, 2.45) is 0 Å². The van der Waals surface area contributed by atoms with Crippen molar-refractivity contribution in [2.75, 3.05) is 6.26 Å². The lowest BCUT2D eigenvalue weighted by atomic mass is 10.0. The van der Waals surface area contributed by atoms with Crippen molar-refractivity contribution in [1.82, 2.24) is 4.57 Å². The number of carbonyl (C=O) groups is 1. The van der Waals surface area contributed by atoms with Gasteiger partial charge in [0.15, 0.2) is 17.3 Å². The van der Waals surface area contributed by atoms with Gasteiger partial charge in [-0.05, 0) is 17.9 Å². The van der Waals surface area contributed by atoms with Gasteiger partial charge < -0.3 is 14.8 Å². The molecule has 28 heavy (non-hydrogen) atoms. The van der Waals surface area contributed by atoms with E-state index in [1.807, 2.05) is 59.4 Å². The highest BCUT2D eigenvalue weighted by molar-refractivity contribution is 7.98. The maximum absolute atomic E-state index is 13.3. The van der Waals surface area contributed by atoms with Crippen LogP contribution in [-0.4, -0.2) is 26.8 Å². The molecule has 1 heterocycles. The summed E-state index contributed by atoms with van der Waals surface area (Å²) >= 11 is 1.48. The number of benzene rings is 3. The van der Waals surface area contributed by atoms with Crippen LogP contribution in [0.25, 0.3) is 10.9 Å². The van der Waals surface area contributed by atoms with Crippen LogP contribution in [0.1, 0.15) is 21.5 Å². The Labute approximate surface area is 167 Å². The van der Waals surface area contributed by atoms with E-state index in [0.717, 1.165) is 10.6 Å². The van der Waals surface area contributed by atoms with Crippen molar-refractivity contribution in [1.29, 1.82) is 0 Å². The fraction of sp³-hybridized carbons (Fsp3) is 0.0870. The van der Waals surface area contributed by atoms with E-state index < -0.39 is 0 Å². The van der Waals surface area contributed by atoms with Crippen molar-refractivity contribution in [3.63, 3.8) is 0 Å². The Morgan fingerprint density at radius 1 is 0.929 bits per heavy atom. The van der Waals surface area contributed by atoms with Gasteiger partial charge >= 0.3 is 0 Å². The van der Waals surface area contributed by atoms with E-state index in [0.29, 0.717) is 28.6 Å². The molecule has 1 aromatic heterocycles. The molecule has 0 spiro atoms. The largest absolute Gasteiger partial charge is 0.504 e. The molecule has 0 aliphatic rings. The first-order valence-electron chi connectivity index (χ1n) is 8.86. The Kier molecular flexibility index (Phi) is 4.84. The lowest BCUT2D eigenvalue weighted by Crippen LogP contribution is -2.05. The van der Waals surface area contributed by atoms with Gasteiger partial charge in [0.1, 0.15) is 0 Å². The van der Waals surface area contributed by atoms with E-state index in [1.165, 1.54) is 23.9 Å². The van der Waals surface area contributed by atoms with Gasteiger partial charge in [-0.15, -0.1) is 11.8 Å². The van der Waals surface area contributed by atoms with Gasteiger partial charge in [0.05, 0.1) is 16.1 Å². The van der Waals surface area contributed by atoms with Crippen molar-refractivity contribution >= 4 is 28.4 Å². The molecule has 4 aromatic rings. The van der Waals surface area contributed by atoms with Gasteiger partial charge in [-0.1, -0.05) is 60.7 Å². The second-order valence-electron chi connectivity index (χ2n) is 6.51. The predicted octanol–water partition coefficient (Wildman–Crippen LogP) is 5.05. The van der Waals surface area contributed by atoms with Crippen molar-refractivity contribution < 1.29 is 15.0 Å². The normalized spacial score (nSPS) is 11.0. The molecule has 0 aliphatic carbocycles. The summed E-state index contributed by atoms with van der Waals surface area (Å²) in [5.41, 5.74) is 2.92. The van der Waals surface area contributed by atoms with Crippen molar-refractivity contribution in [3.05, 3.63) is 89.5 Å². The van der Waals surface area contributed by atoms with E-state index in [4.69, 9.17) is 0 Å². The minimum absolute atomic E-state index is 0.105. The number of fused-ring (bicyclic) bond motifs is 1. The van der Waals surface area contributed by atoms with E-state index in [2.05, 4.69) is 0 Å². The monoisotopic (exact) mass is 389 g/mol. The molecular weight excluding hydrogens is 370 g/mol. The molecule has 140 valence electrons. The van der Waals surface area contributed by atoms with E-state index in [1.54, 1.807) is 12.1 Å². The second kappa shape index (κ2) is 7.44. The lowest BCUT2D eigenvalue weighted by Gasteiger charge is -2.10. The quantitative estimate of drug-likeness (QED) is 0.285. The zero-order valence-corrected chi connectivity index (χ0v) is 16.1. The predicted molar refractivity (Wildman–Crippen MR) is 112 cm³/mol. The SMILES string of the molecule is CSc1c(C(=O)c2ccccc2)c2cc(O)c(O)cc2n1Cc1ccccc1. The molecule has 0 saturated heterocycles. The third-order valence-electron chi connectivity index (χ3n) is 4.75. The highest BCUT2D eigenvalue weighted by Gasteiger charge is 2.24. The van der Waals surface area contributed by atoms with Crippen LogP contribution >= 0.6 is 11.8 Å². The zero-order valence-electron chi connectivity index (χ0n) is 15.3. The second-order valence-corrected chi connectivity index (χ2v) is 7.30. The maximum atomic E-state index is 13.3. The number of aromatic hydroxyl groups is 2. The summed E-state index contributed by atoms with van der Waals surface area (Å²) < 4.78 is 2.02. The van der Waals surface area contributed by atoms with E-state index in [-0.39, 0.29) is 17.3 Å². The minimum Gasteiger partial charge on any atom is -0.504 e. The van der Waals surface area contributed by atoms with Gasteiger partial charge in [-0.3, -0.25) is 4.79 Å². The molecule has 0 amide bonds. The number of rotatable bonds is 5. The number of phenolic OH excluding ortho intramolecular Hbond substituents is 2. The third kappa shape index (κ3) is 3.14. The van der Waals surface area contributed by atoms with E-state index >= 15 is 0 Å². The van der Waals surface area contributed by atoms with Crippen molar-refractivity contribution in [2.45, 2.75) is 11.6 Å². The lowest BCUT2D eigenvalue weighted by molar-refractivity contribution is 0.103. The Morgan fingerprint density at radius 3 is 2.18 bits per heavy atom. The van der Waals surface area contributed by atoms with Gasteiger partial charge in [0.2, 0.25) is 0 Å². The fourth-order valence-electron chi connectivity index (χ4n) is 3.44. The molecule has 0 saturated carbocycles. The third-order valence-corrected chi connectivity index (χ3v) is 5.56. The van der Waals surface area contributed by atoms with Gasteiger partial charge in [0, 0.05) is 23.6 Å². The highest BCUT2D eigenvalue weighted by Crippen LogP contribution is 2.39. The number of aromatic nitrogens is 1. The fourth-order valence-corrected chi connectivity index (χ4v) is 4.23. The first-order valence-corrected chi connectivity index (χ1v) is 10.1. The van der Waals surface area contributed by atoms with Crippen LogP contribution in [0.3, 0.4) is 0 Å². The minimum atomic E-state index is -0.237. The van der Waals surface area contributed by atoms with Crippen LogP contribution in [0, 0.1) is 0 Å². The molecule has 0 bridgehead atoms. The van der Waals surface area contributed by atoms with Gasteiger partial charge in [-0.2, -0.15) is 0 Å². The first-order chi connectivity index (χ1) is 13.6. The molecule has 0 aliphatic heterocycles. The standard InChI is InChI=1S/C23H19NO3S/c1-28-23-21(22(27)16-10-6-3-7-11-16)17-12-19(25)20(26)13-18(17)24(23)14-15-8-4-2-5-9-15/h2-13,25-26H,14H2,1H3. The molecule has 0 fully saturated rings. The average molecular weight is 389 g/mol. The number of carbonyl (C=O) groups excluding carboxylic acids is 1. The number of nitrogens with zero attached hydrogens (tertiary/aromatic N) is 1. The number of ketones is 1. The Hall–Kier alpha value is -3.18. The zero-order chi connectivity index (χ0) is 19.7. The summed E-state index contributed by atoms with van der Waals surface area (Å²) in [6, 6.07) is 22.0. The molecule has 5 heteroatoms. The first kappa shape index (κ1) is 18.2. The van der Waals surface area contributed by atoms with Crippen LogP contribution in [0.2, 0.25) is 0 Å². The summed E-state index contributed by atoms with van der Waals surface area (Å²) in [6.07, 6.45) is 1.93. The van der Waals surface area contributed by atoms with Crippen LogP contribution in [0.15, 0.2) is 77.8 Å². The van der Waals surface area contributed by atoms with E-state index in [9.17, 15) is 15.0 Å². The van der Waals surface area contributed by atoms with Crippen LogP contribution < -0.4 is 0 Å². The van der Waals surface area contributed by atoms with Gasteiger partial charge in [-0.25, -0.2) is 0 Å². The number of phenols is 2. The summed E-state index contributed by atoms with van der Waals surface area (Å²) in [5.74, 6) is -0.545. The van der Waals surface area contributed by atoms with Crippen LogP contribution in [-0.2, 0) is 6.54 Å². The number of thioether (sulfide) groups is 1.